The van der Waals surface area contributed by atoms with E-state index >= 15 is 8.78 Å². The summed E-state index contributed by atoms with van der Waals surface area (Å²) in [6.45, 7) is 6.19. The van der Waals surface area contributed by atoms with Crippen molar-refractivity contribution in [1.29, 1.82) is 0 Å². The van der Waals surface area contributed by atoms with E-state index in [4.69, 9.17) is 0 Å². The Balaban J connectivity index is 1.23. The minimum absolute atomic E-state index is 0.190. The number of halogens is 2. The maximum absolute atomic E-state index is 15.3. The van der Waals surface area contributed by atoms with E-state index in [-0.39, 0.29) is 17.8 Å². The molecule has 6 rings (SSSR count). The van der Waals surface area contributed by atoms with Crippen molar-refractivity contribution >= 4 is 28.6 Å². The van der Waals surface area contributed by atoms with E-state index < -0.39 is 11.6 Å². The molecule has 0 bridgehead atoms. The number of hydrogen-bond acceptors (Lipinski definition) is 6. The number of likely N-dealkylation sites (N-methyl/N-ethyl adjacent to an activating group) is 1. The first-order valence-electron chi connectivity index (χ1n) is 12.4. The molecule has 182 valence electrons. The van der Waals surface area contributed by atoms with Crippen LogP contribution < -0.4 is 9.80 Å². The molecule has 1 aromatic heterocycles. The van der Waals surface area contributed by atoms with E-state index in [0.717, 1.165) is 68.8 Å². The lowest BCUT2D eigenvalue weighted by Gasteiger charge is -2.34. The van der Waals surface area contributed by atoms with Gasteiger partial charge in [-0.15, -0.1) is 0 Å². The van der Waals surface area contributed by atoms with Crippen molar-refractivity contribution in [2.75, 3.05) is 49.7 Å². The monoisotopic (exact) mass is 476 g/mol. The molecule has 1 spiro atoms. The molecule has 0 unspecified atom stereocenters. The fourth-order valence-corrected chi connectivity index (χ4v) is 5.92. The zero-order chi connectivity index (χ0) is 24.2. The molecule has 6 nitrogen and oxygen atoms in total. The van der Waals surface area contributed by atoms with Crippen LogP contribution in [0.1, 0.15) is 43.7 Å². The summed E-state index contributed by atoms with van der Waals surface area (Å²) in [6.07, 6.45) is 7.38. The maximum Gasteiger partial charge on any atom is 0.165 e. The second-order valence-electron chi connectivity index (χ2n) is 10.1. The molecule has 2 aromatic rings. The SMILES string of the molecule is CC1=Nc2c(F)cc(C3=NCN(c4ccc(N5CCN(C)CC5)cn4)C=C3F)cc2C12CCCC2. The molecule has 1 aromatic carbocycles. The fourth-order valence-electron chi connectivity index (χ4n) is 5.92. The molecule has 4 aliphatic rings. The van der Waals surface area contributed by atoms with E-state index in [2.05, 4.69) is 31.8 Å². The van der Waals surface area contributed by atoms with Gasteiger partial charge in [0.05, 0.1) is 11.9 Å². The summed E-state index contributed by atoms with van der Waals surface area (Å²) in [5.74, 6) is -0.258. The van der Waals surface area contributed by atoms with E-state index in [1.165, 1.54) is 12.3 Å². The van der Waals surface area contributed by atoms with Crippen LogP contribution >= 0.6 is 0 Å². The van der Waals surface area contributed by atoms with Gasteiger partial charge in [-0.1, -0.05) is 12.8 Å². The number of aromatic nitrogens is 1. The summed E-state index contributed by atoms with van der Waals surface area (Å²) < 4.78 is 30.4. The van der Waals surface area contributed by atoms with Gasteiger partial charge in [0.25, 0.3) is 0 Å². The van der Waals surface area contributed by atoms with E-state index in [1.807, 2.05) is 31.3 Å². The number of pyridine rings is 1. The van der Waals surface area contributed by atoms with Crippen LogP contribution in [0.3, 0.4) is 0 Å². The summed E-state index contributed by atoms with van der Waals surface area (Å²) in [5, 5.41) is 0. The van der Waals surface area contributed by atoms with Gasteiger partial charge in [-0.3, -0.25) is 9.98 Å². The highest BCUT2D eigenvalue weighted by atomic mass is 19.1. The predicted molar refractivity (Wildman–Crippen MR) is 136 cm³/mol. The van der Waals surface area contributed by atoms with Crippen molar-refractivity contribution in [2.24, 2.45) is 9.98 Å². The normalized spacial score (nSPS) is 21.8. The Morgan fingerprint density at radius 1 is 1.00 bits per heavy atom. The van der Waals surface area contributed by atoms with Crippen LogP contribution in [-0.4, -0.2) is 61.2 Å². The van der Waals surface area contributed by atoms with Gasteiger partial charge in [0.15, 0.2) is 5.83 Å². The molecule has 3 aliphatic heterocycles. The molecular formula is C27H30F2N6. The predicted octanol–water partition coefficient (Wildman–Crippen LogP) is 4.97. The Bertz CT molecular complexity index is 1240. The Morgan fingerprint density at radius 2 is 1.77 bits per heavy atom. The Kier molecular flexibility index (Phi) is 5.44. The first kappa shape index (κ1) is 22.3. The average molecular weight is 477 g/mol. The molecule has 35 heavy (non-hydrogen) atoms. The number of rotatable bonds is 3. The van der Waals surface area contributed by atoms with Gasteiger partial charge in [0.1, 0.15) is 29.7 Å². The summed E-state index contributed by atoms with van der Waals surface area (Å²) >= 11 is 0. The number of hydrogen-bond donors (Lipinski definition) is 0. The molecule has 4 heterocycles. The number of anilines is 2. The Hall–Kier alpha value is -3.13. The molecule has 8 heteroatoms. The number of piperazine rings is 1. The molecule has 1 saturated carbocycles. The second kappa shape index (κ2) is 8.52. The summed E-state index contributed by atoms with van der Waals surface area (Å²) in [4.78, 5) is 19.9. The maximum atomic E-state index is 15.3. The van der Waals surface area contributed by atoms with Crippen molar-refractivity contribution in [3.05, 3.63) is 59.4 Å². The van der Waals surface area contributed by atoms with Gasteiger partial charge >= 0.3 is 0 Å². The minimum Gasteiger partial charge on any atom is -0.368 e. The number of nitrogens with zero attached hydrogens (tertiary/aromatic N) is 6. The van der Waals surface area contributed by atoms with Crippen molar-refractivity contribution in [1.82, 2.24) is 9.88 Å². The van der Waals surface area contributed by atoms with Gasteiger partial charge in [0.2, 0.25) is 0 Å². The number of fused-ring (bicyclic) bond motifs is 2. The van der Waals surface area contributed by atoms with Crippen molar-refractivity contribution < 1.29 is 8.78 Å². The number of aliphatic imine (C=N–C) groups is 2. The molecule has 1 saturated heterocycles. The lowest BCUT2D eigenvalue weighted by molar-refractivity contribution is 0.313. The van der Waals surface area contributed by atoms with E-state index in [9.17, 15) is 0 Å². The van der Waals surface area contributed by atoms with Crippen LogP contribution in [0.2, 0.25) is 0 Å². The molecule has 2 fully saturated rings. The third kappa shape index (κ3) is 3.75. The smallest absolute Gasteiger partial charge is 0.165 e. The third-order valence-electron chi connectivity index (χ3n) is 8.05. The summed E-state index contributed by atoms with van der Waals surface area (Å²) in [7, 11) is 2.13. The van der Waals surface area contributed by atoms with Crippen molar-refractivity contribution in [2.45, 2.75) is 38.0 Å². The number of allylic oxidation sites excluding steroid dienone is 1. The van der Waals surface area contributed by atoms with Gasteiger partial charge < -0.3 is 14.7 Å². The average Bonchev–Trinajstić information content (AvgIpc) is 3.46. The van der Waals surface area contributed by atoms with Crippen LogP contribution in [0.5, 0.6) is 0 Å². The second-order valence-corrected chi connectivity index (χ2v) is 10.1. The summed E-state index contributed by atoms with van der Waals surface area (Å²) in [6, 6.07) is 7.21. The van der Waals surface area contributed by atoms with Crippen LogP contribution in [0.15, 0.2) is 52.5 Å². The highest BCUT2D eigenvalue weighted by Crippen LogP contribution is 2.51. The van der Waals surface area contributed by atoms with Gasteiger partial charge in [-0.25, -0.2) is 13.8 Å². The zero-order valence-corrected chi connectivity index (χ0v) is 20.3. The van der Waals surface area contributed by atoms with Crippen LogP contribution in [0.4, 0.5) is 26.0 Å². The van der Waals surface area contributed by atoms with Gasteiger partial charge in [0, 0.05) is 49.1 Å². The molecule has 0 atom stereocenters. The highest BCUT2D eigenvalue weighted by molar-refractivity contribution is 6.13. The molecule has 0 radical (unpaired) electrons. The Labute approximate surface area is 204 Å². The zero-order valence-electron chi connectivity index (χ0n) is 20.3. The lowest BCUT2D eigenvalue weighted by Crippen LogP contribution is -2.44. The fraction of sp³-hybridized carbons (Fsp3) is 0.444. The highest BCUT2D eigenvalue weighted by Gasteiger charge is 2.44. The topological polar surface area (TPSA) is 47.3 Å². The first-order valence-corrected chi connectivity index (χ1v) is 12.4. The quantitative estimate of drug-likeness (QED) is 0.628. The van der Waals surface area contributed by atoms with Gasteiger partial charge in [-0.05, 0) is 56.6 Å². The van der Waals surface area contributed by atoms with Crippen molar-refractivity contribution in [3.8, 4) is 0 Å². The van der Waals surface area contributed by atoms with Crippen LogP contribution in [0.25, 0.3) is 0 Å². The molecule has 0 amide bonds. The largest absolute Gasteiger partial charge is 0.368 e. The van der Waals surface area contributed by atoms with E-state index in [0.29, 0.717) is 17.1 Å². The number of benzene rings is 1. The first-order chi connectivity index (χ1) is 16.9. The molecule has 0 N–H and O–H groups in total. The Morgan fingerprint density at radius 3 is 2.46 bits per heavy atom. The third-order valence-corrected chi connectivity index (χ3v) is 8.05. The van der Waals surface area contributed by atoms with Gasteiger partial charge in [-0.2, -0.15) is 0 Å². The lowest BCUT2D eigenvalue weighted by atomic mass is 9.76. The summed E-state index contributed by atoms with van der Waals surface area (Å²) in [5.41, 5.74) is 3.81. The standard InChI is InChI=1S/C27H30F2N6/c1-18-27(7-3-4-8-27)21-13-19(14-22(28)26(21)32-18)25-23(29)16-35(17-31-25)24-6-5-20(15-30-24)34-11-9-33(2)10-12-34/h5-6,13-16H,3-4,7-12,17H2,1-2H3. The molecular weight excluding hydrogens is 446 g/mol. The van der Waals surface area contributed by atoms with E-state index in [1.54, 1.807) is 4.90 Å². The molecule has 1 aliphatic carbocycles. The van der Waals surface area contributed by atoms with Crippen molar-refractivity contribution in [3.63, 3.8) is 0 Å². The van der Waals surface area contributed by atoms with Crippen LogP contribution in [0, 0.1) is 5.82 Å². The van der Waals surface area contributed by atoms with Crippen LogP contribution in [-0.2, 0) is 5.41 Å². The minimum atomic E-state index is -0.489.